The normalized spacial score (nSPS) is 10.6. The molecule has 90 valence electrons. The van der Waals surface area contributed by atoms with Crippen LogP contribution in [0, 0.1) is 12.3 Å². The summed E-state index contributed by atoms with van der Waals surface area (Å²) >= 11 is 0. The Morgan fingerprint density at radius 2 is 2.06 bits per heavy atom. The lowest BCUT2D eigenvalue weighted by molar-refractivity contribution is -0.137. The number of carboxylic acids is 1. The van der Waals surface area contributed by atoms with Crippen LogP contribution in [0.4, 0.5) is 0 Å². The molecule has 5 nitrogen and oxygen atoms in total. The van der Waals surface area contributed by atoms with Gasteiger partial charge in [-0.2, -0.15) is 0 Å². The first-order chi connectivity index (χ1) is 7.37. The average Bonchev–Trinajstić information content (AvgIpc) is 2.15. The highest BCUT2D eigenvalue weighted by Crippen LogP contribution is 2.10. The summed E-state index contributed by atoms with van der Waals surface area (Å²) in [7, 11) is 0. The molecule has 16 heavy (non-hydrogen) atoms. The Morgan fingerprint density at radius 3 is 2.56 bits per heavy atom. The van der Waals surface area contributed by atoms with Crippen LogP contribution in [0.3, 0.4) is 0 Å². The fourth-order valence-corrected chi connectivity index (χ4v) is 1.15. The summed E-state index contributed by atoms with van der Waals surface area (Å²) in [4.78, 5) is 21.8. The van der Waals surface area contributed by atoms with Crippen molar-refractivity contribution in [2.45, 2.75) is 32.2 Å². The number of rotatable bonds is 7. The fourth-order valence-electron chi connectivity index (χ4n) is 1.15. The van der Waals surface area contributed by atoms with Gasteiger partial charge in [0.05, 0.1) is 13.1 Å². The lowest BCUT2D eigenvalue weighted by Crippen LogP contribution is -2.47. The molecule has 0 unspecified atom stereocenters. The number of carbonyl (C=O) groups is 2. The Kier molecular flexibility index (Phi) is 6.19. The monoisotopic (exact) mass is 226 g/mol. The van der Waals surface area contributed by atoms with Crippen LogP contribution in [0.1, 0.15) is 26.7 Å². The summed E-state index contributed by atoms with van der Waals surface area (Å²) in [6.45, 7) is 4.05. The molecule has 0 heterocycles. The quantitative estimate of drug-likeness (QED) is 0.421. The standard InChI is InChI=1S/C11H18N2O3/c1-4-7-12-8-9(14)13-11(2,3)6-5-10(15)16/h1,12H,5-8H2,2-3H3,(H,13,14)(H,15,16). The number of nitrogens with one attached hydrogen (secondary N) is 2. The van der Waals surface area contributed by atoms with Crippen molar-refractivity contribution in [1.82, 2.24) is 10.6 Å². The van der Waals surface area contributed by atoms with Gasteiger partial charge in [0, 0.05) is 12.0 Å². The number of aliphatic carboxylic acids is 1. The number of amides is 1. The molecule has 1 amide bonds. The predicted octanol–water partition coefficient (Wildman–Crippen LogP) is -0.0312. The van der Waals surface area contributed by atoms with Gasteiger partial charge in [-0.1, -0.05) is 5.92 Å². The lowest BCUT2D eigenvalue weighted by Gasteiger charge is -2.25. The van der Waals surface area contributed by atoms with Crippen LogP contribution in [-0.2, 0) is 9.59 Å². The molecule has 0 aliphatic heterocycles. The first-order valence-corrected chi connectivity index (χ1v) is 5.04. The molecule has 0 rings (SSSR count). The number of carboxylic acid groups (broad SMARTS) is 1. The number of hydrogen-bond donors (Lipinski definition) is 3. The highest BCUT2D eigenvalue weighted by atomic mass is 16.4. The number of terminal acetylenes is 1. The molecule has 3 N–H and O–H groups in total. The van der Waals surface area contributed by atoms with Crippen LogP contribution in [0.5, 0.6) is 0 Å². The van der Waals surface area contributed by atoms with Gasteiger partial charge in [-0.15, -0.1) is 6.42 Å². The van der Waals surface area contributed by atoms with E-state index in [0.717, 1.165) is 0 Å². The molecule has 0 spiro atoms. The van der Waals surface area contributed by atoms with Crippen molar-refractivity contribution >= 4 is 11.9 Å². The van der Waals surface area contributed by atoms with Crippen LogP contribution in [0.15, 0.2) is 0 Å². The van der Waals surface area contributed by atoms with Crippen molar-refractivity contribution in [2.24, 2.45) is 0 Å². The van der Waals surface area contributed by atoms with E-state index in [4.69, 9.17) is 11.5 Å². The fraction of sp³-hybridized carbons (Fsp3) is 0.636. The van der Waals surface area contributed by atoms with Crippen molar-refractivity contribution in [3.05, 3.63) is 0 Å². The Hall–Kier alpha value is -1.54. The topological polar surface area (TPSA) is 78.4 Å². The van der Waals surface area contributed by atoms with Gasteiger partial charge in [-0.3, -0.25) is 14.9 Å². The molecule has 0 atom stereocenters. The molecule has 0 aromatic carbocycles. The van der Waals surface area contributed by atoms with Crippen molar-refractivity contribution in [3.8, 4) is 12.3 Å². The van der Waals surface area contributed by atoms with Gasteiger partial charge in [0.25, 0.3) is 0 Å². The van der Waals surface area contributed by atoms with Crippen LogP contribution < -0.4 is 10.6 Å². The van der Waals surface area contributed by atoms with Gasteiger partial charge >= 0.3 is 5.97 Å². The largest absolute Gasteiger partial charge is 0.481 e. The number of carbonyl (C=O) groups excluding carboxylic acids is 1. The second kappa shape index (κ2) is 6.85. The zero-order chi connectivity index (χ0) is 12.6. The minimum atomic E-state index is -0.868. The summed E-state index contributed by atoms with van der Waals surface area (Å²) in [6.07, 6.45) is 5.44. The van der Waals surface area contributed by atoms with E-state index in [9.17, 15) is 9.59 Å². The van der Waals surface area contributed by atoms with E-state index in [2.05, 4.69) is 16.6 Å². The Bertz CT molecular complexity index is 292. The van der Waals surface area contributed by atoms with Gasteiger partial charge < -0.3 is 10.4 Å². The predicted molar refractivity (Wildman–Crippen MR) is 60.8 cm³/mol. The van der Waals surface area contributed by atoms with E-state index in [1.165, 1.54) is 0 Å². The summed E-state index contributed by atoms with van der Waals surface area (Å²) in [5.74, 6) is 1.30. The maximum atomic E-state index is 11.4. The zero-order valence-corrected chi connectivity index (χ0v) is 9.67. The van der Waals surface area contributed by atoms with Gasteiger partial charge in [-0.25, -0.2) is 0 Å². The van der Waals surface area contributed by atoms with Crippen LogP contribution in [0.25, 0.3) is 0 Å². The SMILES string of the molecule is C#CCNCC(=O)NC(C)(C)CCC(=O)O. The molecule has 0 bridgehead atoms. The summed E-state index contributed by atoms with van der Waals surface area (Å²) in [5.41, 5.74) is -0.521. The average molecular weight is 226 g/mol. The van der Waals surface area contributed by atoms with E-state index in [0.29, 0.717) is 13.0 Å². The molecule has 0 aromatic heterocycles. The second-order valence-corrected chi connectivity index (χ2v) is 4.13. The Balaban J connectivity index is 3.91. The van der Waals surface area contributed by atoms with E-state index in [1.54, 1.807) is 13.8 Å². The van der Waals surface area contributed by atoms with Crippen molar-refractivity contribution < 1.29 is 14.7 Å². The van der Waals surface area contributed by atoms with Gasteiger partial charge in [0.15, 0.2) is 0 Å². The smallest absolute Gasteiger partial charge is 0.303 e. The van der Waals surface area contributed by atoms with Crippen molar-refractivity contribution in [1.29, 1.82) is 0 Å². The third-order valence-electron chi connectivity index (χ3n) is 1.95. The molecule has 0 fully saturated rings. The Morgan fingerprint density at radius 1 is 1.44 bits per heavy atom. The van der Waals surface area contributed by atoms with Gasteiger partial charge in [-0.05, 0) is 20.3 Å². The molecular weight excluding hydrogens is 208 g/mol. The summed E-state index contributed by atoms with van der Waals surface area (Å²) < 4.78 is 0. The zero-order valence-electron chi connectivity index (χ0n) is 9.67. The van der Waals surface area contributed by atoms with Crippen LogP contribution in [0.2, 0.25) is 0 Å². The Labute approximate surface area is 95.6 Å². The molecule has 0 aliphatic rings. The maximum Gasteiger partial charge on any atom is 0.303 e. The van der Waals surface area contributed by atoms with E-state index >= 15 is 0 Å². The molecule has 0 radical (unpaired) electrons. The minimum Gasteiger partial charge on any atom is -0.481 e. The third-order valence-corrected chi connectivity index (χ3v) is 1.95. The minimum absolute atomic E-state index is 0.0328. The summed E-state index contributed by atoms with van der Waals surface area (Å²) in [5, 5.41) is 14.0. The van der Waals surface area contributed by atoms with Gasteiger partial charge in [0.2, 0.25) is 5.91 Å². The van der Waals surface area contributed by atoms with Crippen LogP contribution >= 0.6 is 0 Å². The second-order valence-electron chi connectivity index (χ2n) is 4.13. The molecular formula is C11H18N2O3. The van der Waals surface area contributed by atoms with Crippen molar-refractivity contribution in [3.63, 3.8) is 0 Å². The lowest BCUT2D eigenvalue weighted by atomic mass is 9.98. The number of hydrogen-bond acceptors (Lipinski definition) is 3. The highest BCUT2D eigenvalue weighted by molar-refractivity contribution is 5.78. The maximum absolute atomic E-state index is 11.4. The first kappa shape index (κ1) is 14.5. The van der Waals surface area contributed by atoms with Gasteiger partial charge in [0.1, 0.15) is 0 Å². The molecule has 0 aliphatic carbocycles. The molecule has 0 saturated carbocycles. The van der Waals surface area contributed by atoms with E-state index < -0.39 is 11.5 Å². The summed E-state index contributed by atoms with van der Waals surface area (Å²) in [6, 6.07) is 0. The van der Waals surface area contributed by atoms with E-state index in [-0.39, 0.29) is 18.9 Å². The molecule has 0 saturated heterocycles. The molecule has 0 aromatic rings. The van der Waals surface area contributed by atoms with E-state index in [1.807, 2.05) is 0 Å². The van der Waals surface area contributed by atoms with Crippen LogP contribution in [-0.4, -0.2) is 35.6 Å². The molecule has 5 heteroatoms. The third kappa shape index (κ3) is 7.83. The first-order valence-electron chi connectivity index (χ1n) is 5.04. The highest BCUT2D eigenvalue weighted by Gasteiger charge is 2.20. The van der Waals surface area contributed by atoms with Crippen molar-refractivity contribution in [2.75, 3.05) is 13.1 Å².